The first-order chi connectivity index (χ1) is 9.06. The molecular weight excluding hydrogens is 240 g/mol. The third kappa shape index (κ3) is 4.46. The van der Waals surface area contributed by atoms with Crippen molar-refractivity contribution in [3.63, 3.8) is 0 Å². The highest BCUT2D eigenvalue weighted by Gasteiger charge is 2.34. The number of hydrogen-bond acceptors (Lipinski definition) is 3. The first-order valence-corrected chi connectivity index (χ1v) is 7.73. The van der Waals surface area contributed by atoms with Crippen molar-refractivity contribution in [2.45, 2.75) is 70.5 Å². The van der Waals surface area contributed by atoms with Crippen LogP contribution in [-0.4, -0.2) is 35.7 Å². The van der Waals surface area contributed by atoms with Gasteiger partial charge in [-0.1, -0.05) is 13.8 Å². The number of carbonyl (C=O) groups excluding carboxylic acids is 1. The second kappa shape index (κ2) is 6.71. The number of carbonyl (C=O) groups is 1. The lowest BCUT2D eigenvalue weighted by Crippen LogP contribution is -2.42. The van der Waals surface area contributed by atoms with Gasteiger partial charge in [0.25, 0.3) is 0 Å². The molecule has 0 aliphatic carbocycles. The van der Waals surface area contributed by atoms with Crippen LogP contribution in [0, 0.1) is 11.8 Å². The number of fused-ring (bicyclic) bond motifs is 2. The summed E-state index contributed by atoms with van der Waals surface area (Å²) in [5.41, 5.74) is 0. The molecule has 2 heterocycles. The third-order valence-electron chi connectivity index (χ3n) is 4.39. The van der Waals surface area contributed by atoms with E-state index in [-0.39, 0.29) is 18.6 Å². The van der Waals surface area contributed by atoms with E-state index in [0.717, 1.165) is 19.3 Å². The van der Waals surface area contributed by atoms with E-state index in [4.69, 9.17) is 0 Å². The summed E-state index contributed by atoms with van der Waals surface area (Å²) in [4.78, 5) is 12.1. The first kappa shape index (κ1) is 14.8. The Morgan fingerprint density at radius 3 is 2.47 bits per heavy atom. The van der Waals surface area contributed by atoms with E-state index >= 15 is 0 Å². The van der Waals surface area contributed by atoms with Crippen molar-refractivity contribution in [3.8, 4) is 0 Å². The van der Waals surface area contributed by atoms with Crippen molar-refractivity contribution in [2.24, 2.45) is 11.8 Å². The van der Waals surface area contributed by atoms with Crippen LogP contribution in [0.3, 0.4) is 0 Å². The first-order valence-electron chi connectivity index (χ1n) is 7.73. The predicted octanol–water partition coefficient (Wildman–Crippen LogP) is 1.43. The lowest BCUT2D eigenvalue weighted by molar-refractivity contribution is -0.123. The molecule has 2 saturated heterocycles. The zero-order valence-corrected chi connectivity index (χ0v) is 12.2. The van der Waals surface area contributed by atoms with Crippen molar-refractivity contribution < 1.29 is 9.90 Å². The van der Waals surface area contributed by atoms with Gasteiger partial charge in [0.15, 0.2) is 0 Å². The summed E-state index contributed by atoms with van der Waals surface area (Å²) in [5.74, 6) is 1.13. The van der Waals surface area contributed by atoms with E-state index in [9.17, 15) is 9.90 Å². The van der Waals surface area contributed by atoms with Gasteiger partial charge in [0.05, 0.1) is 12.6 Å². The van der Waals surface area contributed by atoms with Gasteiger partial charge in [-0.2, -0.15) is 0 Å². The van der Waals surface area contributed by atoms with Crippen LogP contribution >= 0.6 is 0 Å². The minimum atomic E-state index is -0.0778. The fraction of sp³-hybridized carbons (Fsp3) is 0.933. The average molecular weight is 268 g/mol. The number of hydrogen-bond donors (Lipinski definition) is 3. The van der Waals surface area contributed by atoms with Crippen LogP contribution in [0.15, 0.2) is 0 Å². The molecule has 0 saturated carbocycles. The van der Waals surface area contributed by atoms with Crippen LogP contribution in [0.4, 0.5) is 0 Å². The topological polar surface area (TPSA) is 61.4 Å². The highest BCUT2D eigenvalue weighted by molar-refractivity contribution is 5.76. The van der Waals surface area contributed by atoms with Gasteiger partial charge in [-0.3, -0.25) is 4.79 Å². The second-order valence-corrected chi connectivity index (χ2v) is 6.76. The standard InChI is InChI=1S/C15H28N2O2/c1-10(2)5-14(9-18)17-15(19)8-11-6-12-3-4-13(7-11)16-12/h10-14,16,18H,3-9H2,1-2H3,(H,17,19). The molecule has 0 aromatic carbocycles. The van der Waals surface area contributed by atoms with Crippen LogP contribution < -0.4 is 10.6 Å². The van der Waals surface area contributed by atoms with E-state index in [1.54, 1.807) is 0 Å². The van der Waals surface area contributed by atoms with Crippen LogP contribution in [0.1, 0.15) is 52.4 Å². The van der Waals surface area contributed by atoms with Crippen molar-refractivity contribution in [1.82, 2.24) is 10.6 Å². The molecule has 2 fully saturated rings. The molecule has 1 amide bonds. The number of nitrogens with one attached hydrogen (secondary N) is 2. The molecule has 110 valence electrons. The monoisotopic (exact) mass is 268 g/mol. The maximum absolute atomic E-state index is 12.1. The Hall–Kier alpha value is -0.610. The number of rotatable bonds is 6. The van der Waals surface area contributed by atoms with Gasteiger partial charge in [0.1, 0.15) is 0 Å². The van der Waals surface area contributed by atoms with E-state index in [1.807, 2.05) is 0 Å². The highest BCUT2D eigenvalue weighted by Crippen LogP contribution is 2.32. The Bertz CT molecular complexity index is 295. The molecule has 0 aromatic heterocycles. The predicted molar refractivity (Wildman–Crippen MR) is 75.8 cm³/mol. The maximum atomic E-state index is 12.1. The zero-order valence-electron chi connectivity index (χ0n) is 12.2. The van der Waals surface area contributed by atoms with Crippen LogP contribution in [0.2, 0.25) is 0 Å². The fourth-order valence-electron chi connectivity index (χ4n) is 3.64. The largest absolute Gasteiger partial charge is 0.394 e. The maximum Gasteiger partial charge on any atom is 0.220 e. The lowest BCUT2D eigenvalue weighted by atomic mass is 9.89. The Morgan fingerprint density at radius 1 is 1.32 bits per heavy atom. The summed E-state index contributed by atoms with van der Waals surface area (Å²) in [5, 5.41) is 15.9. The summed E-state index contributed by atoms with van der Waals surface area (Å²) in [6.45, 7) is 4.26. The second-order valence-electron chi connectivity index (χ2n) is 6.76. The van der Waals surface area contributed by atoms with Gasteiger partial charge in [-0.25, -0.2) is 0 Å². The minimum Gasteiger partial charge on any atom is -0.394 e. The summed E-state index contributed by atoms with van der Waals surface area (Å²) in [7, 11) is 0. The average Bonchev–Trinajstić information content (AvgIpc) is 2.67. The molecule has 2 bridgehead atoms. The Labute approximate surface area is 116 Å². The van der Waals surface area contributed by atoms with Crippen molar-refractivity contribution in [1.29, 1.82) is 0 Å². The van der Waals surface area contributed by atoms with Crippen LogP contribution in [-0.2, 0) is 4.79 Å². The Morgan fingerprint density at radius 2 is 1.95 bits per heavy atom. The van der Waals surface area contributed by atoms with Gasteiger partial charge < -0.3 is 15.7 Å². The third-order valence-corrected chi connectivity index (χ3v) is 4.39. The van der Waals surface area contributed by atoms with E-state index in [2.05, 4.69) is 24.5 Å². The molecule has 0 aromatic rings. The molecule has 2 aliphatic heterocycles. The number of aliphatic hydroxyl groups excluding tert-OH is 1. The van der Waals surface area contributed by atoms with Gasteiger partial charge >= 0.3 is 0 Å². The van der Waals surface area contributed by atoms with Crippen molar-refractivity contribution in [3.05, 3.63) is 0 Å². The fourth-order valence-corrected chi connectivity index (χ4v) is 3.64. The van der Waals surface area contributed by atoms with Crippen LogP contribution in [0.5, 0.6) is 0 Å². The quantitative estimate of drug-likeness (QED) is 0.683. The van der Waals surface area contributed by atoms with Gasteiger partial charge in [-0.15, -0.1) is 0 Å². The Balaban J connectivity index is 1.74. The summed E-state index contributed by atoms with van der Waals surface area (Å²) < 4.78 is 0. The zero-order chi connectivity index (χ0) is 13.8. The molecule has 3 unspecified atom stereocenters. The van der Waals surface area contributed by atoms with Crippen molar-refractivity contribution >= 4 is 5.91 Å². The summed E-state index contributed by atoms with van der Waals surface area (Å²) in [6, 6.07) is 1.20. The molecule has 4 nitrogen and oxygen atoms in total. The highest BCUT2D eigenvalue weighted by atomic mass is 16.3. The molecule has 3 N–H and O–H groups in total. The van der Waals surface area contributed by atoms with Crippen LogP contribution in [0.25, 0.3) is 0 Å². The van der Waals surface area contributed by atoms with Gasteiger partial charge in [-0.05, 0) is 43.9 Å². The smallest absolute Gasteiger partial charge is 0.220 e. The molecule has 2 aliphatic rings. The molecular formula is C15H28N2O2. The molecule has 3 atom stereocenters. The number of piperidine rings is 1. The minimum absolute atomic E-state index is 0.0430. The molecule has 19 heavy (non-hydrogen) atoms. The number of amides is 1. The van der Waals surface area contributed by atoms with Gasteiger partial charge in [0, 0.05) is 18.5 Å². The summed E-state index contributed by atoms with van der Waals surface area (Å²) in [6.07, 6.45) is 6.30. The van der Waals surface area contributed by atoms with E-state index in [1.165, 1.54) is 12.8 Å². The van der Waals surface area contributed by atoms with E-state index in [0.29, 0.717) is 30.3 Å². The normalized spacial score (nSPS) is 31.5. The lowest BCUT2D eigenvalue weighted by Gasteiger charge is -2.29. The molecule has 0 radical (unpaired) electrons. The van der Waals surface area contributed by atoms with Crippen molar-refractivity contribution in [2.75, 3.05) is 6.61 Å². The summed E-state index contributed by atoms with van der Waals surface area (Å²) >= 11 is 0. The Kier molecular flexibility index (Phi) is 5.22. The number of aliphatic hydroxyl groups is 1. The van der Waals surface area contributed by atoms with E-state index < -0.39 is 0 Å². The molecule has 4 heteroatoms. The van der Waals surface area contributed by atoms with Gasteiger partial charge in [0.2, 0.25) is 5.91 Å². The molecule has 2 rings (SSSR count). The molecule has 0 spiro atoms. The SMILES string of the molecule is CC(C)CC(CO)NC(=O)CC1CC2CCC(C1)N2.